The second kappa shape index (κ2) is 6.09. The fourth-order valence-electron chi connectivity index (χ4n) is 0.927. The topological polar surface area (TPSA) is 111 Å². The summed E-state index contributed by atoms with van der Waals surface area (Å²) in [5.41, 5.74) is -0.429. The highest BCUT2D eigenvalue weighted by Gasteiger charge is 2.18. The molecule has 0 amide bonds. The van der Waals surface area contributed by atoms with Crippen LogP contribution in [-0.2, 0) is 0 Å². The third-order valence-electron chi connectivity index (χ3n) is 1.67. The van der Waals surface area contributed by atoms with Gasteiger partial charge in [0.1, 0.15) is 5.69 Å². The minimum atomic E-state index is -1.09. The van der Waals surface area contributed by atoms with Crippen molar-refractivity contribution in [2.24, 2.45) is 5.10 Å². The van der Waals surface area contributed by atoms with Crippen molar-refractivity contribution in [1.82, 2.24) is 0 Å². The van der Waals surface area contributed by atoms with Crippen molar-refractivity contribution in [3.63, 3.8) is 0 Å². The minimum absolute atomic E-state index is 0.540. The first kappa shape index (κ1) is 9.28. The Morgan fingerprint density at radius 1 is 1.39 bits per heavy atom. The van der Waals surface area contributed by atoms with Gasteiger partial charge in [0.2, 0.25) is 0 Å². The predicted octanol–water partition coefficient (Wildman–Crippen LogP) is 2.48. The summed E-state index contributed by atoms with van der Waals surface area (Å²) in [6.07, 6.45) is 4.36. The molecule has 94 valence electrons. The number of nitro groups is 2. The zero-order valence-electron chi connectivity index (χ0n) is 12.2. The molecule has 8 heteroatoms. The van der Waals surface area contributed by atoms with Crippen LogP contribution in [0.15, 0.2) is 35.4 Å². The van der Waals surface area contributed by atoms with Gasteiger partial charge in [-0.2, -0.15) is 5.10 Å². The molecule has 1 aromatic rings. The number of nitrogens with zero attached hydrogens (tertiary/aromatic N) is 3. The van der Waals surface area contributed by atoms with Crippen LogP contribution in [0.1, 0.15) is 11.0 Å². The van der Waals surface area contributed by atoms with Crippen molar-refractivity contribution in [2.45, 2.75) is 6.92 Å². The lowest BCUT2D eigenvalue weighted by molar-refractivity contribution is -0.393. The van der Waals surface area contributed by atoms with Crippen molar-refractivity contribution < 1.29 is 14.0 Å². The largest absolute Gasteiger partial charge is 0.301 e. The highest BCUT2D eigenvalue weighted by Crippen LogP contribution is 2.28. The fourth-order valence-corrected chi connectivity index (χ4v) is 0.927. The second-order valence-electron chi connectivity index (χ2n) is 2.88. The monoisotopic (exact) mass is 253 g/mol. The van der Waals surface area contributed by atoms with Crippen LogP contribution in [0.5, 0.6) is 0 Å². The van der Waals surface area contributed by atoms with Crippen LogP contribution >= 0.6 is 0 Å². The molecule has 0 saturated carbocycles. The Hall–Kier alpha value is -2.77. The Kier molecular flexibility index (Phi) is 3.14. The van der Waals surface area contributed by atoms with Crippen LogP contribution in [0.4, 0.5) is 17.1 Å². The first-order valence-corrected chi connectivity index (χ1v) is 4.65. The van der Waals surface area contributed by atoms with E-state index >= 15 is 0 Å². The van der Waals surface area contributed by atoms with Gasteiger partial charge in [-0.25, -0.2) is 0 Å². The number of hydrogen-bond donors (Lipinski definition) is 1. The zero-order valence-corrected chi connectivity index (χ0v) is 9.21. The van der Waals surface area contributed by atoms with E-state index in [1.807, 2.05) is 0 Å². The number of allylic oxidation sites excluding steroid dienone is 2. The van der Waals surface area contributed by atoms with E-state index in [0.717, 1.165) is 0 Å². The van der Waals surface area contributed by atoms with Crippen LogP contribution in [0, 0.1) is 20.2 Å². The summed E-state index contributed by atoms with van der Waals surface area (Å²) in [4.78, 5) is 19.6. The normalized spacial score (nSPS) is 13.3. The molecular weight excluding hydrogens is 240 g/mol. The summed E-state index contributed by atoms with van der Waals surface area (Å²) in [5, 5.41) is 25.3. The first-order chi connectivity index (χ1) is 9.82. The maximum atomic E-state index is 11.0. The Bertz CT molecular complexity index is 660. The summed E-state index contributed by atoms with van der Waals surface area (Å²) < 4.78 is 22.6. The number of nitrogens with one attached hydrogen (secondary N) is 1. The summed E-state index contributed by atoms with van der Waals surface area (Å²) in [5.74, 6) is 0. The van der Waals surface area contributed by atoms with Crippen molar-refractivity contribution in [2.75, 3.05) is 5.43 Å². The van der Waals surface area contributed by atoms with E-state index in [-0.39, 0.29) is 0 Å². The van der Waals surface area contributed by atoms with Crippen molar-refractivity contribution >= 4 is 23.3 Å². The molecule has 0 saturated heterocycles. The van der Waals surface area contributed by atoms with Crippen molar-refractivity contribution in [3.05, 3.63) is 50.5 Å². The first-order valence-electron chi connectivity index (χ1n) is 6.15. The number of nitro benzene ring substituents is 2. The summed E-state index contributed by atoms with van der Waals surface area (Å²) >= 11 is 0. The molecule has 1 rings (SSSR count). The number of rotatable bonds is 5. The van der Waals surface area contributed by atoms with Crippen LogP contribution in [0.2, 0.25) is 0 Å². The Labute approximate surface area is 106 Å². The maximum absolute atomic E-state index is 11.0. The molecule has 1 N–H and O–H groups in total. The third-order valence-corrected chi connectivity index (χ3v) is 1.67. The molecule has 1 aromatic carbocycles. The lowest BCUT2D eigenvalue weighted by Gasteiger charge is -2.01. The lowest BCUT2D eigenvalue weighted by Crippen LogP contribution is -1.98. The highest BCUT2D eigenvalue weighted by molar-refractivity contribution is 5.73. The molecule has 0 aromatic heterocycles. The predicted molar refractivity (Wildman–Crippen MR) is 66.7 cm³/mol. The lowest BCUT2D eigenvalue weighted by atomic mass is 10.2. The summed E-state index contributed by atoms with van der Waals surface area (Å²) in [6, 6.07) is -2.71. The number of benzene rings is 1. The minimum Gasteiger partial charge on any atom is -0.272 e. The smallest absolute Gasteiger partial charge is 0.272 e. The van der Waals surface area contributed by atoms with Crippen molar-refractivity contribution in [1.29, 1.82) is 0 Å². The van der Waals surface area contributed by atoms with Crippen LogP contribution in [0.25, 0.3) is 0 Å². The zero-order chi connectivity index (χ0) is 16.2. The molecule has 0 radical (unpaired) electrons. The average molecular weight is 253 g/mol. The molecule has 0 unspecified atom stereocenters. The number of hydrogen-bond acceptors (Lipinski definition) is 6. The average Bonchev–Trinajstić information content (AvgIpc) is 2.39. The van der Waals surface area contributed by atoms with Crippen LogP contribution in [-0.4, -0.2) is 16.1 Å². The molecule has 0 fully saturated rings. The van der Waals surface area contributed by atoms with E-state index in [1.165, 1.54) is 12.3 Å². The third kappa shape index (κ3) is 3.37. The van der Waals surface area contributed by atoms with E-state index in [1.54, 1.807) is 13.0 Å². The van der Waals surface area contributed by atoms with E-state index in [2.05, 4.69) is 10.5 Å². The quantitative estimate of drug-likeness (QED) is 0.492. The molecule has 0 bridgehead atoms. The van der Waals surface area contributed by atoms with Gasteiger partial charge in [-0.15, -0.1) is 0 Å². The van der Waals surface area contributed by atoms with Gasteiger partial charge in [-0.1, -0.05) is 6.08 Å². The Morgan fingerprint density at radius 3 is 2.67 bits per heavy atom. The standard InChI is InChI=1S/C10H10N4O4/c1-2-3-6-11-12-9-5-4-8(13(15)16)7-10(9)14(17)18/h2-7,12H,1H3/b3-2+,11-6-/i4D,5D,7D. The van der Waals surface area contributed by atoms with Crippen LogP contribution in [0.3, 0.4) is 0 Å². The Balaban J connectivity index is 3.56. The molecular formula is C10H10N4O4. The summed E-state index contributed by atoms with van der Waals surface area (Å²) in [6.45, 7) is 1.71. The van der Waals surface area contributed by atoms with E-state index < -0.39 is 45.0 Å². The highest BCUT2D eigenvalue weighted by atomic mass is 16.6. The molecule has 0 aliphatic rings. The molecule has 0 aliphatic heterocycles. The van der Waals surface area contributed by atoms with Gasteiger partial charge < -0.3 is 0 Å². The molecule has 0 atom stereocenters. The maximum Gasteiger partial charge on any atom is 0.301 e. The SMILES string of the molecule is [2H]c1c([2H])c([N+](=O)[O-])c([2H])c([N+](=O)[O-])c1N/N=C\C=C\C. The van der Waals surface area contributed by atoms with Gasteiger partial charge in [-0.05, 0) is 19.0 Å². The van der Waals surface area contributed by atoms with Gasteiger partial charge in [0.05, 0.1) is 20.0 Å². The van der Waals surface area contributed by atoms with Gasteiger partial charge >= 0.3 is 5.69 Å². The summed E-state index contributed by atoms with van der Waals surface area (Å²) in [7, 11) is 0. The second-order valence-corrected chi connectivity index (χ2v) is 2.88. The fraction of sp³-hybridized carbons (Fsp3) is 0.100. The Morgan fingerprint density at radius 2 is 2.11 bits per heavy atom. The molecule has 0 aliphatic carbocycles. The van der Waals surface area contributed by atoms with E-state index in [0.29, 0.717) is 0 Å². The van der Waals surface area contributed by atoms with Crippen molar-refractivity contribution in [3.8, 4) is 0 Å². The van der Waals surface area contributed by atoms with E-state index in [9.17, 15) is 20.2 Å². The van der Waals surface area contributed by atoms with E-state index in [4.69, 9.17) is 4.11 Å². The number of anilines is 1. The number of hydrazone groups is 1. The van der Waals surface area contributed by atoms with Gasteiger partial charge in [0.25, 0.3) is 5.69 Å². The molecule has 0 heterocycles. The molecule has 18 heavy (non-hydrogen) atoms. The molecule has 8 nitrogen and oxygen atoms in total. The molecule has 0 spiro atoms. The van der Waals surface area contributed by atoms with Gasteiger partial charge in [0, 0.05) is 12.3 Å². The van der Waals surface area contributed by atoms with Gasteiger partial charge in [0.15, 0.2) is 0 Å². The van der Waals surface area contributed by atoms with Gasteiger partial charge in [-0.3, -0.25) is 25.7 Å². The van der Waals surface area contributed by atoms with Crippen LogP contribution < -0.4 is 5.43 Å².